The van der Waals surface area contributed by atoms with Gasteiger partial charge < -0.3 is 10.4 Å². The number of nitrogens with zero attached hydrogens (tertiary/aromatic N) is 1. The zero-order valence-corrected chi connectivity index (χ0v) is 10.6. The molecule has 1 aromatic carbocycles. The molecule has 0 unspecified atom stereocenters. The SMILES string of the molecule is Cc1cc(C)c2sc(NCCC(=O)O)nc2c1. The van der Waals surface area contributed by atoms with E-state index in [1.807, 2.05) is 13.0 Å². The number of aliphatic carboxylic acids is 1. The Bertz CT molecular complexity index is 563. The number of hydrogen-bond acceptors (Lipinski definition) is 4. The Hall–Kier alpha value is -1.62. The number of carboxylic acids is 1. The van der Waals surface area contributed by atoms with Crippen LogP contribution in [0.15, 0.2) is 12.1 Å². The average Bonchev–Trinajstić information content (AvgIpc) is 2.60. The number of fused-ring (bicyclic) bond motifs is 1. The minimum atomic E-state index is -0.800. The van der Waals surface area contributed by atoms with E-state index in [0.717, 1.165) is 15.3 Å². The molecule has 0 aliphatic heterocycles. The normalized spacial score (nSPS) is 10.7. The van der Waals surface area contributed by atoms with Gasteiger partial charge in [0, 0.05) is 6.54 Å². The molecule has 5 heteroatoms. The van der Waals surface area contributed by atoms with Crippen molar-refractivity contribution in [1.29, 1.82) is 0 Å². The van der Waals surface area contributed by atoms with Crippen LogP contribution >= 0.6 is 11.3 Å². The molecule has 17 heavy (non-hydrogen) atoms. The van der Waals surface area contributed by atoms with Gasteiger partial charge in [-0.1, -0.05) is 17.4 Å². The molecule has 0 saturated heterocycles. The molecule has 0 fully saturated rings. The van der Waals surface area contributed by atoms with E-state index in [9.17, 15) is 4.79 Å². The first-order valence-electron chi connectivity index (χ1n) is 5.40. The molecule has 0 amide bonds. The molecule has 0 aliphatic carbocycles. The van der Waals surface area contributed by atoms with Crippen molar-refractivity contribution in [3.05, 3.63) is 23.3 Å². The van der Waals surface area contributed by atoms with Gasteiger partial charge in [0.1, 0.15) is 0 Å². The highest BCUT2D eigenvalue weighted by Crippen LogP contribution is 2.29. The van der Waals surface area contributed by atoms with Crippen molar-refractivity contribution in [2.75, 3.05) is 11.9 Å². The molecule has 2 N–H and O–H groups in total. The Kier molecular flexibility index (Phi) is 3.28. The fourth-order valence-corrected chi connectivity index (χ4v) is 2.67. The molecular weight excluding hydrogens is 236 g/mol. The highest BCUT2D eigenvalue weighted by atomic mass is 32.1. The zero-order valence-electron chi connectivity index (χ0n) is 9.78. The molecule has 90 valence electrons. The Labute approximate surface area is 103 Å². The first kappa shape index (κ1) is 11.9. The molecule has 0 atom stereocenters. The highest BCUT2D eigenvalue weighted by Gasteiger charge is 2.07. The van der Waals surface area contributed by atoms with Gasteiger partial charge in [-0.05, 0) is 31.0 Å². The molecule has 0 aliphatic rings. The summed E-state index contributed by atoms with van der Waals surface area (Å²) in [5.74, 6) is -0.800. The van der Waals surface area contributed by atoms with Crippen LogP contribution in [0.25, 0.3) is 10.2 Å². The number of hydrogen-bond donors (Lipinski definition) is 2. The number of anilines is 1. The second-order valence-corrected chi connectivity index (χ2v) is 5.02. The summed E-state index contributed by atoms with van der Waals surface area (Å²) in [7, 11) is 0. The number of aromatic nitrogens is 1. The molecule has 0 bridgehead atoms. The van der Waals surface area contributed by atoms with Crippen LogP contribution in [0.2, 0.25) is 0 Å². The van der Waals surface area contributed by atoms with E-state index >= 15 is 0 Å². The van der Waals surface area contributed by atoms with E-state index < -0.39 is 5.97 Å². The summed E-state index contributed by atoms with van der Waals surface area (Å²) in [6.07, 6.45) is 0.105. The number of thiazole rings is 1. The van der Waals surface area contributed by atoms with Gasteiger partial charge in [0.05, 0.1) is 16.6 Å². The Morgan fingerprint density at radius 1 is 1.47 bits per heavy atom. The van der Waals surface area contributed by atoms with Crippen molar-refractivity contribution in [2.45, 2.75) is 20.3 Å². The van der Waals surface area contributed by atoms with Crippen LogP contribution in [0.4, 0.5) is 5.13 Å². The monoisotopic (exact) mass is 250 g/mol. The topological polar surface area (TPSA) is 62.2 Å². The predicted molar refractivity (Wildman–Crippen MR) is 69.8 cm³/mol. The summed E-state index contributed by atoms with van der Waals surface area (Å²) >= 11 is 1.57. The predicted octanol–water partition coefficient (Wildman–Crippen LogP) is 2.80. The van der Waals surface area contributed by atoms with Crippen molar-refractivity contribution in [3.63, 3.8) is 0 Å². The number of carbonyl (C=O) groups is 1. The van der Waals surface area contributed by atoms with Crippen LogP contribution in [0.5, 0.6) is 0 Å². The number of benzene rings is 1. The van der Waals surface area contributed by atoms with Gasteiger partial charge in [-0.3, -0.25) is 4.79 Å². The lowest BCUT2D eigenvalue weighted by molar-refractivity contribution is -0.136. The lowest BCUT2D eigenvalue weighted by atomic mass is 10.1. The van der Waals surface area contributed by atoms with E-state index in [1.54, 1.807) is 11.3 Å². The fraction of sp³-hybridized carbons (Fsp3) is 0.333. The van der Waals surface area contributed by atoms with Crippen LogP contribution in [-0.4, -0.2) is 22.6 Å². The van der Waals surface area contributed by atoms with E-state index in [-0.39, 0.29) is 6.42 Å². The largest absolute Gasteiger partial charge is 0.481 e. The summed E-state index contributed by atoms with van der Waals surface area (Å²) in [5, 5.41) is 12.4. The third-order valence-corrected chi connectivity index (χ3v) is 3.60. The first-order chi connectivity index (χ1) is 8.06. The summed E-state index contributed by atoms with van der Waals surface area (Å²) in [6.45, 7) is 4.52. The minimum Gasteiger partial charge on any atom is -0.481 e. The maximum absolute atomic E-state index is 10.4. The molecule has 2 aromatic rings. The summed E-state index contributed by atoms with van der Waals surface area (Å²) in [5.41, 5.74) is 3.38. The van der Waals surface area contributed by atoms with Crippen molar-refractivity contribution < 1.29 is 9.90 Å². The van der Waals surface area contributed by atoms with Crippen LogP contribution in [0.3, 0.4) is 0 Å². The maximum atomic E-state index is 10.4. The minimum absolute atomic E-state index is 0.105. The summed E-state index contributed by atoms with van der Waals surface area (Å²) in [6, 6.07) is 4.17. The maximum Gasteiger partial charge on any atom is 0.305 e. The zero-order chi connectivity index (χ0) is 12.4. The highest BCUT2D eigenvalue weighted by molar-refractivity contribution is 7.22. The standard InChI is InChI=1S/C12H14N2O2S/c1-7-5-8(2)11-9(6-7)14-12(17-11)13-4-3-10(15)16/h5-6H,3-4H2,1-2H3,(H,13,14)(H,15,16). The van der Waals surface area contributed by atoms with Gasteiger partial charge >= 0.3 is 5.97 Å². The van der Waals surface area contributed by atoms with Gasteiger partial charge in [0.2, 0.25) is 0 Å². The number of rotatable bonds is 4. The van der Waals surface area contributed by atoms with E-state index in [0.29, 0.717) is 6.54 Å². The van der Waals surface area contributed by atoms with E-state index in [2.05, 4.69) is 23.3 Å². The smallest absolute Gasteiger partial charge is 0.305 e. The van der Waals surface area contributed by atoms with Crippen LogP contribution < -0.4 is 5.32 Å². The number of carboxylic acid groups (broad SMARTS) is 1. The lowest BCUT2D eigenvalue weighted by Gasteiger charge is -1.97. The Morgan fingerprint density at radius 2 is 2.24 bits per heavy atom. The van der Waals surface area contributed by atoms with Gasteiger partial charge in [-0.25, -0.2) is 4.98 Å². The second kappa shape index (κ2) is 4.71. The summed E-state index contributed by atoms with van der Waals surface area (Å²) < 4.78 is 1.16. The van der Waals surface area contributed by atoms with E-state index in [4.69, 9.17) is 5.11 Å². The van der Waals surface area contributed by atoms with Gasteiger partial charge in [0.25, 0.3) is 0 Å². The molecule has 0 radical (unpaired) electrons. The molecule has 1 aromatic heterocycles. The number of aryl methyl sites for hydroxylation is 2. The fourth-order valence-electron chi connectivity index (χ4n) is 1.73. The van der Waals surface area contributed by atoms with Gasteiger partial charge in [0.15, 0.2) is 5.13 Å². The molecule has 4 nitrogen and oxygen atoms in total. The van der Waals surface area contributed by atoms with Gasteiger partial charge in [-0.2, -0.15) is 0 Å². The van der Waals surface area contributed by atoms with Crippen LogP contribution in [0, 0.1) is 13.8 Å². The van der Waals surface area contributed by atoms with Crippen molar-refractivity contribution in [2.24, 2.45) is 0 Å². The second-order valence-electron chi connectivity index (χ2n) is 4.02. The first-order valence-corrected chi connectivity index (χ1v) is 6.21. The Balaban J connectivity index is 2.20. The summed E-state index contributed by atoms with van der Waals surface area (Å²) in [4.78, 5) is 14.8. The van der Waals surface area contributed by atoms with Crippen molar-refractivity contribution in [1.82, 2.24) is 4.98 Å². The lowest BCUT2D eigenvalue weighted by Crippen LogP contribution is -2.06. The molecular formula is C12H14N2O2S. The number of nitrogens with one attached hydrogen (secondary N) is 1. The van der Waals surface area contributed by atoms with Crippen molar-refractivity contribution >= 4 is 32.7 Å². The van der Waals surface area contributed by atoms with Crippen molar-refractivity contribution in [3.8, 4) is 0 Å². The van der Waals surface area contributed by atoms with Crippen LogP contribution in [0.1, 0.15) is 17.5 Å². The average molecular weight is 250 g/mol. The third-order valence-electron chi connectivity index (χ3n) is 2.44. The Morgan fingerprint density at radius 3 is 2.94 bits per heavy atom. The van der Waals surface area contributed by atoms with Gasteiger partial charge in [-0.15, -0.1) is 0 Å². The quantitative estimate of drug-likeness (QED) is 0.876. The molecule has 1 heterocycles. The van der Waals surface area contributed by atoms with Crippen LogP contribution in [-0.2, 0) is 4.79 Å². The molecule has 0 spiro atoms. The molecule has 2 rings (SSSR count). The third kappa shape index (κ3) is 2.74. The molecule has 0 saturated carbocycles. The van der Waals surface area contributed by atoms with E-state index in [1.165, 1.54) is 11.1 Å².